The van der Waals surface area contributed by atoms with Gasteiger partial charge in [-0.25, -0.2) is 0 Å². The molecule has 2 aliphatic rings. The molecule has 2 saturated heterocycles. The molecule has 0 aromatic heterocycles. The predicted octanol–water partition coefficient (Wildman–Crippen LogP) is 0.703. The molecule has 0 aromatic rings. The fourth-order valence-corrected chi connectivity index (χ4v) is 2.38. The van der Waals surface area contributed by atoms with Crippen molar-refractivity contribution in [3.05, 3.63) is 0 Å². The van der Waals surface area contributed by atoms with Crippen molar-refractivity contribution < 1.29 is 4.79 Å². The monoisotopic (exact) mass is 182 g/mol. The molecule has 3 nitrogen and oxygen atoms in total. The van der Waals surface area contributed by atoms with Crippen LogP contribution in [0.3, 0.4) is 0 Å². The minimum atomic E-state index is 0.369. The molecule has 2 heterocycles. The standard InChI is InChI=1S/C10H18N2O/c1-11-7-4-9-3-2-6-12(9)10(13)5-8-11/h9H,2-8H2,1H3/t9-/m1/s1. The highest BCUT2D eigenvalue weighted by Crippen LogP contribution is 2.22. The van der Waals surface area contributed by atoms with Crippen LogP contribution in [0.15, 0.2) is 0 Å². The van der Waals surface area contributed by atoms with Gasteiger partial charge in [-0.3, -0.25) is 4.79 Å². The molecule has 74 valence electrons. The fourth-order valence-electron chi connectivity index (χ4n) is 2.38. The lowest BCUT2D eigenvalue weighted by Crippen LogP contribution is -2.41. The number of carbonyl (C=O) groups excluding carboxylic acids is 1. The topological polar surface area (TPSA) is 23.6 Å². The summed E-state index contributed by atoms with van der Waals surface area (Å²) in [5.74, 6) is 0.369. The summed E-state index contributed by atoms with van der Waals surface area (Å²) < 4.78 is 0. The zero-order chi connectivity index (χ0) is 9.26. The maximum atomic E-state index is 11.7. The van der Waals surface area contributed by atoms with Crippen LogP contribution in [-0.4, -0.2) is 48.4 Å². The molecule has 2 fully saturated rings. The molecule has 2 aliphatic heterocycles. The van der Waals surface area contributed by atoms with Gasteiger partial charge in [0, 0.05) is 25.6 Å². The number of hydrogen-bond acceptors (Lipinski definition) is 2. The summed E-state index contributed by atoms with van der Waals surface area (Å²) in [7, 11) is 2.11. The van der Waals surface area contributed by atoms with E-state index in [1.807, 2.05) is 0 Å². The summed E-state index contributed by atoms with van der Waals surface area (Å²) >= 11 is 0. The number of amides is 1. The molecule has 13 heavy (non-hydrogen) atoms. The lowest BCUT2D eigenvalue weighted by molar-refractivity contribution is -0.133. The molecule has 0 saturated carbocycles. The number of rotatable bonds is 0. The van der Waals surface area contributed by atoms with Crippen LogP contribution in [0.2, 0.25) is 0 Å². The molecule has 1 atom stereocenters. The van der Waals surface area contributed by atoms with Gasteiger partial charge in [0.1, 0.15) is 0 Å². The van der Waals surface area contributed by atoms with Crippen molar-refractivity contribution >= 4 is 5.91 Å². The Morgan fingerprint density at radius 2 is 2.08 bits per heavy atom. The molecule has 3 heteroatoms. The summed E-state index contributed by atoms with van der Waals surface area (Å²) in [5.41, 5.74) is 0. The van der Waals surface area contributed by atoms with Crippen LogP contribution in [-0.2, 0) is 4.79 Å². The molecular formula is C10H18N2O. The van der Waals surface area contributed by atoms with Crippen LogP contribution in [0, 0.1) is 0 Å². The second-order valence-corrected chi connectivity index (χ2v) is 4.23. The summed E-state index contributed by atoms with van der Waals surface area (Å²) in [6.07, 6.45) is 4.31. The molecule has 0 unspecified atom stereocenters. The van der Waals surface area contributed by atoms with Crippen molar-refractivity contribution in [2.75, 3.05) is 26.7 Å². The molecular weight excluding hydrogens is 164 g/mol. The smallest absolute Gasteiger partial charge is 0.224 e. The lowest BCUT2D eigenvalue weighted by atomic mass is 10.1. The normalized spacial score (nSPS) is 31.3. The van der Waals surface area contributed by atoms with Crippen molar-refractivity contribution in [3.8, 4) is 0 Å². The minimum Gasteiger partial charge on any atom is -0.340 e. The Morgan fingerprint density at radius 1 is 1.23 bits per heavy atom. The number of carbonyl (C=O) groups is 1. The first-order valence-electron chi connectivity index (χ1n) is 5.25. The van der Waals surface area contributed by atoms with Crippen LogP contribution in [0.1, 0.15) is 25.7 Å². The zero-order valence-corrected chi connectivity index (χ0v) is 8.33. The molecule has 0 spiro atoms. The van der Waals surface area contributed by atoms with E-state index in [-0.39, 0.29) is 0 Å². The Labute approximate surface area is 79.7 Å². The molecule has 0 aliphatic carbocycles. The second kappa shape index (κ2) is 3.66. The lowest BCUT2D eigenvalue weighted by Gasteiger charge is -2.30. The molecule has 0 N–H and O–H groups in total. The maximum absolute atomic E-state index is 11.7. The summed E-state index contributed by atoms with van der Waals surface area (Å²) in [6, 6.07) is 0.551. The number of fused-ring (bicyclic) bond motifs is 1. The summed E-state index contributed by atoms with van der Waals surface area (Å²) in [6.45, 7) is 3.09. The predicted molar refractivity (Wildman–Crippen MR) is 51.5 cm³/mol. The van der Waals surface area contributed by atoms with E-state index in [0.29, 0.717) is 18.4 Å². The van der Waals surface area contributed by atoms with E-state index in [2.05, 4.69) is 16.8 Å². The van der Waals surface area contributed by atoms with E-state index >= 15 is 0 Å². The zero-order valence-electron chi connectivity index (χ0n) is 8.33. The van der Waals surface area contributed by atoms with Crippen LogP contribution in [0.25, 0.3) is 0 Å². The molecule has 0 bridgehead atoms. The number of nitrogens with zero attached hydrogens (tertiary/aromatic N) is 2. The Morgan fingerprint density at radius 3 is 2.92 bits per heavy atom. The van der Waals surface area contributed by atoms with E-state index in [0.717, 1.165) is 19.6 Å². The summed E-state index contributed by atoms with van der Waals surface area (Å²) in [4.78, 5) is 16.1. The third-order valence-corrected chi connectivity index (χ3v) is 3.25. The van der Waals surface area contributed by atoms with Gasteiger partial charge >= 0.3 is 0 Å². The average molecular weight is 182 g/mol. The Hall–Kier alpha value is -0.570. The van der Waals surface area contributed by atoms with Crippen molar-refractivity contribution in [2.24, 2.45) is 0 Å². The molecule has 1 amide bonds. The van der Waals surface area contributed by atoms with Gasteiger partial charge in [-0.1, -0.05) is 0 Å². The van der Waals surface area contributed by atoms with E-state index in [1.165, 1.54) is 19.3 Å². The number of hydrogen-bond donors (Lipinski definition) is 0. The van der Waals surface area contributed by atoms with Gasteiger partial charge < -0.3 is 9.80 Å². The van der Waals surface area contributed by atoms with Gasteiger partial charge in [-0.05, 0) is 32.9 Å². The third kappa shape index (κ3) is 1.85. The van der Waals surface area contributed by atoms with Crippen molar-refractivity contribution in [3.63, 3.8) is 0 Å². The Balaban J connectivity index is 2.03. The highest BCUT2D eigenvalue weighted by Gasteiger charge is 2.29. The highest BCUT2D eigenvalue weighted by molar-refractivity contribution is 5.77. The van der Waals surface area contributed by atoms with Crippen molar-refractivity contribution in [1.82, 2.24) is 9.80 Å². The van der Waals surface area contributed by atoms with Gasteiger partial charge in [0.2, 0.25) is 5.91 Å². The molecule has 0 radical (unpaired) electrons. The fraction of sp³-hybridized carbons (Fsp3) is 0.900. The second-order valence-electron chi connectivity index (χ2n) is 4.23. The van der Waals surface area contributed by atoms with Crippen molar-refractivity contribution in [2.45, 2.75) is 31.7 Å². The van der Waals surface area contributed by atoms with Gasteiger partial charge in [0.25, 0.3) is 0 Å². The van der Waals surface area contributed by atoms with Gasteiger partial charge in [0.15, 0.2) is 0 Å². The van der Waals surface area contributed by atoms with Crippen LogP contribution >= 0.6 is 0 Å². The van der Waals surface area contributed by atoms with Crippen LogP contribution < -0.4 is 0 Å². The molecule has 2 rings (SSSR count). The third-order valence-electron chi connectivity index (χ3n) is 3.25. The average Bonchev–Trinajstić information content (AvgIpc) is 2.56. The maximum Gasteiger partial charge on any atom is 0.224 e. The van der Waals surface area contributed by atoms with Crippen LogP contribution in [0.5, 0.6) is 0 Å². The van der Waals surface area contributed by atoms with E-state index in [9.17, 15) is 4.79 Å². The first-order valence-corrected chi connectivity index (χ1v) is 5.25. The largest absolute Gasteiger partial charge is 0.340 e. The Kier molecular flexibility index (Phi) is 2.54. The minimum absolute atomic E-state index is 0.369. The van der Waals surface area contributed by atoms with E-state index in [1.54, 1.807) is 0 Å². The first kappa shape index (κ1) is 9.00. The van der Waals surface area contributed by atoms with Gasteiger partial charge in [-0.15, -0.1) is 0 Å². The Bertz CT molecular complexity index is 205. The van der Waals surface area contributed by atoms with E-state index < -0.39 is 0 Å². The summed E-state index contributed by atoms with van der Waals surface area (Å²) in [5, 5.41) is 0. The SMILES string of the molecule is CN1CCC(=O)N2CCC[C@@H]2CC1. The quantitative estimate of drug-likeness (QED) is 0.550. The van der Waals surface area contributed by atoms with Gasteiger partial charge in [0.05, 0.1) is 0 Å². The molecule has 0 aromatic carbocycles. The van der Waals surface area contributed by atoms with E-state index in [4.69, 9.17) is 0 Å². The highest BCUT2D eigenvalue weighted by atomic mass is 16.2. The first-order chi connectivity index (χ1) is 6.27. The van der Waals surface area contributed by atoms with Crippen molar-refractivity contribution in [1.29, 1.82) is 0 Å². The van der Waals surface area contributed by atoms with Gasteiger partial charge in [-0.2, -0.15) is 0 Å². The van der Waals surface area contributed by atoms with Crippen LogP contribution in [0.4, 0.5) is 0 Å².